The van der Waals surface area contributed by atoms with Crippen molar-refractivity contribution in [1.29, 1.82) is 0 Å². The summed E-state index contributed by atoms with van der Waals surface area (Å²) in [5.41, 5.74) is 0.331. The quantitative estimate of drug-likeness (QED) is 0.577. The minimum absolute atomic E-state index is 0.00915. The molecule has 0 atom stereocenters. The number of pyridine rings is 1. The van der Waals surface area contributed by atoms with Crippen molar-refractivity contribution in [3.8, 4) is 0 Å². The molecule has 0 saturated heterocycles. The average molecular weight is 246 g/mol. The molecule has 4 heteroatoms. The molecule has 0 aliphatic heterocycles. The van der Waals surface area contributed by atoms with Crippen LogP contribution in [-0.4, -0.2) is 10.8 Å². The first-order valence-corrected chi connectivity index (χ1v) is 5.75. The molecule has 0 radical (unpaired) electrons. The van der Waals surface area contributed by atoms with Crippen LogP contribution in [0, 0.1) is 0 Å². The lowest BCUT2D eigenvalue weighted by Gasteiger charge is -2.02. The van der Waals surface area contributed by atoms with Gasteiger partial charge in [-0.15, -0.1) is 0 Å². The van der Waals surface area contributed by atoms with E-state index < -0.39 is 0 Å². The van der Waals surface area contributed by atoms with Crippen molar-refractivity contribution in [3.63, 3.8) is 0 Å². The van der Waals surface area contributed by atoms with E-state index in [2.05, 4.69) is 11.9 Å². The first-order chi connectivity index (χ1) is 7.15. The van der Waals surface area contributed by atoms with E-state index in [0.717, 1.165) is 19.3 Å². The molecule has 1 aromatic heterocycles. The van der Waals surface area contributed by atoms with Crippen molar-refractivity contribution in [3.05, 3.63) is 28.0 Å². The molecule has 1 heterocycles. The smallest absolute Gasteiger partial charge is 0.182 e. The first kappa shape index (κ1) is 12.5. The predicted molar refractivity (Wildman–Crippen MR) is 62.7 cm³/mol. The fraction of sp³-hybridized carbons (Fsp3) is 0.455. The number of unbranched alkanes of at least 4 members (excludes halogenated alkanes) is 2. The number of aromatic nitrogens is 1. The minimum atomic E-state index is -0.00915. The lowest BCUT2D eigenvalue weighted by atomic mass is 10.1. The maximum absolute atomic E-state index is 11.7. The molecular weight excluding hydrogens is 233 g/mol. The van der Waals surface area contributed by atoms with Crippen LogP contribution in [0.3, 0.4) is 0 Å². The van der Waals surface area contributed by atoms with Gasteiger partial charge in [0.15, 0.2) is 5.78 Å². The third-order valence-electron chi connectivity index (χ3n) is 2.08. The van der Waals surface area contributed by atoms with E-state index >= 15 is 0 Å². The highest BCUT2D eigenvalue weighted by Gasteiger charge is 2.11. The van der Waals surface area contributed by atoms with Gasteiger partial charge >= 0.3 is 0 Å². The molecule has 0 N–H and O–H groups in total. The van der Waals surface area contributed by atoms with Gasteiger partial charge in [-0.05, 0) is 12.5 Å². The summed E-state index contributed by atoms with van der Waals surface area (Å²) in [4.78, 5) is 15.6. The number of ketones is 1. The van der Waals surface area contributed by atoms with Crippen LogP contribution < -0.4 is 0 Å². The number of rotatable bonds is 5. The van der Waals surface area contributed by atoms with Crippen LogP contribution in [0.4, 0.5) is 0 Å². The molecule has 82 valence electrons. The summed E-state index contributed by atoms with van der Waals surface area (Å²) in [7, 11) is 0. The summed E-state index contributed by atoms with van der Waals surface area (Å²) < 4.78 is 0. The zero-order chi connectivity index (χ0) is 11.3. The molecule has 0 aromatic carbocycles. The minimum Gasteiger partial charge on any atom is -0.292 e. The second-order valence-corrected chi connectivity index (χ2v) is 4.21. The normalized spacial score (nSPS) is 10.3. The highest BCUT2D eigenvalue weighted by Crippen LogP contribution is 2.20. The van der Waals surface area contributed by atoms with Crippen LogP contribution in [0.2, 0.25) is 10.0 Å². The Kier molecular flexibility index (Phi) is 5.06. The fourth-order valence-corrected chi connectivity index (χ4v) is 1.76. The Balaban J connectivity index is 2.65. The Morgan fingerprint density at radius 2 is 2.13 bits per heavy atom. The third kappa shape index (κ3) is 3.80. The number of Topliss-reactive ketones (excluding diaryl/α,β-unsaturated/α-hetero) is 1. The lowest BCUT2D eigenvalue weighted by molar-refractivity contribution is 0.0974. The van der Waals surface area contributed by atoms with E-state index in [-0.39, 0.29) is 5.78 Å². The van der Waals surface area contributed by atoms with E-state index in [9.17, 15) is 4.79 Å². The SMILES string of the molecule is CCCCCC(=O)c1ncc(Cl)cc1Cl. The molecule has 15 heavy (non-hydrogen) atoms. The zero-order valence-corrected chi connectivity index (χ0v) is 10.1. The number of nitrogens with zero attached hydrogens (tertiary/aromatic N) is 1. The largest absolute Gasteiger partial charge is 0.292 e. The van der Waals surface area contributed by atoms with Crippen LogP contribution in [0.5, 0.6) is 0 Å². The van der Waals surface area contributed by atoms with Crippen molar-refractivity contribution in [2.45, 2.75) is 32.6 Å². The summed E-state index contributed by atoms with van der Waals surface area (Å²) in [6, 6.07) is 1.54. The molecule has 2 nitrogen and oxygen atoms in total. The molecule has 1 aromatic rings. The van der Waals surface area contributed by atoms with Gasteiger partial charge in [-0.25, -0.2) is 0 Å². The number of hydrogen-bond acceptors (Lipinski definition) is 2. The standard InChI is InChI=1S/C11H13Cl2NO/c1-2-3-4-5-10(15)11-9(13)6-8(12)7-14-11/h6-7H,2-5H2,1H3. The van der Waals surface area contributed by atoms with Gasteiger partial charge in [-0.1, -0.05) is 43.0 Å². The molecule has 0 amide bonds. The van der Waals surface area contributed by atoms with E-state index in [0.29, 0.717) is 22.2 Å². The van der Waals surface area contributed by atoms with E-state index in [4.69, 9.17) is 23.2 Å². The number of hydrogen-bond donors (Lipinski definition) is 0. The molecule has 0 saturated carbocycles. The molecule has 0 aliphatic carbocycles. The van der Waals surface area contributed by atoms with Crippen molar-refractivity contribution < 1.29 is 4.79 Å². The molecule has 1 rings (SSSR count). The molecular formula is C11H13Cl2NO. The van der Waals surface area contributed by atoms with Gasteiger partial charge in [0.1, 0.15) is 5.69 Å². The Hall–Kier alpha value is -0.600. The monoisotopic (exact) mass is 245 g/mol. The number of carbonyl (C=O) groups is 1. The lowest BCUT2D eigenvalue weighted by Crippen LogP contribution is -2.02. The zero-order valence-electron chi connectivity index (χ0n) is 8.59. The molecule has 0 fully saturated rings. The summed E-state index contributed by atoms with van der Waals surface area (Å²) in [6.07, 6.45) is 4.98. The van der Waals surface area contributed by atoms with E-state index in [1.807, 2.05) is 0 Å². The highest BCUT2D eigenvalue weighted by molar-refractivity contribution is 6.36. The van der Waals surface area contributed by atoms with Gasteiger partial charge < -0.3 is 0 Å². The van der Waals surface area contributed by atoms with Gasteiger partial charge in [0.2, 0.25) is 0 Å². The van der Waals surface area contributed by atoms with Crippen molar-refractivity contribution in [1.82, 2.24) is 4.98 Å². The van der Waals surface area contributed by atoms with E-state index in [1.54, 1.807) is 6.07 Å². The first-order valence-electron chi connectivity index (χ1n) is 4.99. The van der Waals surface area contributed by atoms with Gasteiger partial charge in [0.05, 0.1) is 10.0 Å². The Labute approximate surface area is 99.6 Å². The number of carbonyl (C=O) groups excluding carboxylic acids is 1. The molecule has 0 bridgehead atoms. The third-order valence-corrected chi connectivity index (χ3v) is 2.57. The van der Waals surface area contributed by atoms with Crippen molar-refractivity contribution >= 4 is 29.0 Å². The van der Waals surface area contributed by atoms with Crippen molar-refractivity contribution in [2.75, 3.05) is 0 Å². The Bertz CT molecular complexity index is 352. The summed E-state index contributed by atoms with van der Waals surface area (Å²) in [6.45, 7) is 2.10. The maximum Gasteiger partial charge on any atom is 0.182 e. The van der Waals surface area contributed by atoms with Gasteiger partial charge in [0.25, 0.3) is 0 Å². The van der Waals surface area contributed by atoms with Gasteiger partial charge in [-0.2, -0.15) is 0 Å². The maximum atomic E-state index is 11.7. The molecule has 0 aliphatic rings. The van der Waals surface area contributed by atoms with Crippen LogP contribution in [0.15, 0.2) is 12.3 Å². The molecule has 0 unspecified atom stereocenters. The van der Waals surface area contributed by atoms with Gasteiger partial charge in [0, 0.05) is 12.6 Å². The van der Waals surface area contributed by atoms with Crippen LogP contribution >= 0.6 is 23.2 Å². The second-order valence-electron chi connectivity index (χ2n) is 3.36. The Morgan fingerprint density at radius 3 is 2.73 bits per heavy atom. The van der Waals surface area contributed by atoms with Gasteiger partial charge in [-0.3, -0.25) is 9.78 Å². The van der Waals surface area contributed by atoms with Crippen LogP contribution in [0.25, 0.3) is 0 Å². The summed E-state index contributed by atoms with van der Waals surface area (Å²) in [5.74, 6) is -0.00915. The predicted octanol–water partition coefficient (Wildman–Crippen LogP) is 4.15. The Morgan fingerprint density at radius 1 is 1.40 bits per heavy atom. The highest BCUT2D eigenvalue weighted by atomic mass is 35.5. The van der Waals surface area contributed by atoms with E-state index in [1.165, 1.54) is 6.20 Å². The van der Waals surface area contributed by atoms with Crippen LogP contribution in [-0.2, 0) is 0 Å². The summed E-state index contributed by atoms with van der Waals surface area (Å²) in [5, 5.41) is 0.786. The molecule has 0 spiro atoms. The summed E-state index contributed by atoms with van der Waals surface area (Å²) >= 11 is 11.6. The fourth-order valence-electron chi connectivity index (χ4n) is 1.27. The second kappa shape index (κ2) is 6.09. The number of halogens is 2. The van der Waals surface area contributed by atoms with Crippen molar-refractivity contribution in [2.24, 2.45) is 0 Å². The van der Waals surface area contributed by atoms with Crippen LogP contribution in [0.1, 0.15) is 43.1 Å². The topological polar surface area (TPSA) is 30.0 Å². The average Bonchev–Trinajstić information content (AvgIpc) is 2.17.